The summed E-state index contributed by atoms with van der Waals surface area (Å²) < 4.78 is 12.7. The minimum absolute atomic E-state index is 0.180. The van der Waals surface area contributed by atoms with E-state index >= 15 is 0 Å². The molecule has 0 fully saturated rings. The second-order valence-electron chi connectivity index (χ2n) is 5.55. The molecule has 0 radical (unpaired) electrons. The van der Waals surface area contributed by atoms with E-state index in [2.05, 4.69) is 14.5 Å². The average molecular weight is 324 g/mol. The van der Waals surface area contributed by atoms with Gasteiger partial charge in [0.15, 0.2) is 6.39 Å². The smallest absolute Gasteiger partial charge is 0.292 e. The number of hydrogen-bond acceptors (Lipinski definition) is 5. The summed E-state index contributed by atoms with van der Waals surface area (Å²) in [7, 11) is 1.63. The normalized spacial score (nSPS) is 16.7. The lowest BCUT2D eigenvalue weighted by molar-refractivity contribution is 0.0548. The predicted octanol–water partition coefficient (Wildman–Crippen LogP) is 2.28. The molecule has 0 saturated carbocycles. The average Bonchev–Trinajstić information content (AvgIpc) is 3.31. The zero-order valence-electron chi connectivity index (χ0n) is 13.1. The van der Waals surface area contributed by atoms with Crippen LogP contribution in [0.4, 0.5) is 0 Å². The van der Waals surface area contributed by atoms with Crippen LogP contribution in [0.2, 0.25) is 0 Å². The van der Waals surface area contributed by atoms with E-state index in [0.717, 1.165) is 17.1 Å². The van der Waals surface area contributed by atoms with Crippen molar-refractivity contribution in [2.45, 2.75) is 19.1 Å². The van der Waals surface area contributed by atoms with Gasteiger partial charge in [-0.25, -0.2) is 9.97 Å². The molecule has 1 unspecified atom stereocenters. The van der Waals surface area contributed by atoms with Crippen molar-refractivity contribution >= 4 is 5.91 Å². The molecular weight excluding hydrogens is 308 g/mol. The van der Waals surface area contributed by atoms with Crippen LogP contribution in [0.1, 0.15) is 28.0 Å². The van der Waals surface area contributed by atoms with E-state index in [1.54, 1.807) is 18.2 Å². The molecule has 3 heterocycles. The number of carbonyl (C=O) groups excluding carboxylic acids is 1. The molecule has 2 aromatic heterocycles. The van der Waals surface area contributed by atoms with Crippen LogP contribution in [0, 0.1) is 0 Å². The van der Waals surface area contributed by atoms with E-state index in [0.29, 0.717) is 13.1 Å². The molecule has 1 amide bonds. The summed E-state index contributed by atoms with van der Waals surface area (Å²) in [6.45, 7) is 1.00. The molecule has 24 heavy (non-hydrogen) atoms. The number of benzene rings is 1. The highest BCUT2D eigenvalue weighted by Gasteiger charge is 2.34. The van der Waals surface area contributed by atoms with E-state index in [9.17, 15) is 4.79 Å². The number of para-hydroxylation sites is 1. The van der Waals surface area contributed by atoms with Crippen LogP contribution in [0.25, 0.3) is 0 Å². The number of amides is 1. The standard InChI is InChI=1S/C17H16N4O3/c1-23-14-5-3-2-4-12(14)13-9-20-7-6-19-16(20)10-21(13)17(22)15-8-18-11-24-15/h2-8,11,13H,9-10H2,1H3. The maximum absolute atomic E-state index is 12.9. The Bertz CT molecular complexity index is 856. The highest BCUT2D eigenvalue weighted by Crippen LogP contribution is 2.35. The Morgan fingerprint density at radius 1 is 1.38 bits per heavy atom. The second kappa shape index (κ2) is 5.84. The van der Waals surface area contributed by atoms with Gasteiger partial charge in [-0.1, -0.05) is 18.2 Å². The number of imidazole rings is 1. The first-order valence-electron chi connectivity index (χ1n) is 7.60. The molecule has 0 saturated heterocycles. The number of aromatic nitrogens is 3. The number of carbonyl (C=O) groups is 1. The molecule has 1 atom stereocenters. The Hall–Kier alpha value is -3.09. The van der Waals surface area contributed by atoms with Crippen LogP contribution in [0.15, 0.2) is 53.7 Å². The van der Waals surface area contributed by atoms with Crippen LogP contribution < -0.4 is 4.74 Å². The lowest BCUT2D eigenvalue weighted by atomic mass is 10.0. The Labute approximate surface area is 138 Å². The fourth-order valence-electron chi connectivity index (χ4n) is 3.09. The van der Waals surface area contributed by atoms with Gasteiger partial charge in [-0.2, -0.15) is 0 Å². The van der Waals surface area contributed by atoms with Crippen molar-refractivity contribution in [3.63, 3.8) is 0 Å². The minimum Gasteiger partial charge on any atom is -0.496 e. The van der Waals surface area contributed by atoms with Gasteiger partial charge in [0.1, 0.15) is 11.6 Å². The molecule has 0 aliphatic carbocycles. The van der Waals surface area contributed by atoms with Crippen molar-refractivity contribution in [3.8, 4) is 5.75 Å². The molecule has 0 bridgehead atoms. The van der Waals surface area contributed by atoms with Gasteiger partial charge in [0.2, 0.25) is 5.76 Å². The van der Waals surface area contributed by atoms with E-state index in [1.807, 2.05) is 30.5 Å². The van der Waals surface area contributed by atoms with Crippen molar-refractivity contribution in [2.75, 3.05) is 7.11 Å². The van der Waals surface area contributed by atoms with Crippen LogP contribution in [0.5, 0.6) is 5.75 Å². The van der Waals surface area contributed by atoms with Crippen LogP contribution in [0.3, 0.4) is 0 Å². The molecular formula is C17H16N4O3. The summed E-state index contributed by atoms with van der Waals surface area (Å²) in [5.74, 6) is 1.60. The Balaban J connectivity index is 1.78. The summed E-state index contributed by atoms with van der Waals surface area (Å²) in [5.41, 5.74) is 0.951. The van der Waals surface area contributed by atoms with Gasteiger partial charge in [0, 0.05) is 24.5 Å². The molecule has 122 valence electrons. The Kier molecular flexibility index (Phi) is 3.53. The van der Waals surface area contributed by atoms with Gasteiger partial charge in [-0.05, 0) is 6.07 Å². The number of fused-ring (bicyclic) bond motifs is 1. The largest absolute Gasteiger partial charge is 0.496 e. The molecule has 0 spiro atoms. The summed E-state index contributed by atoms with van der Waals surface area (Å²) in [4.78, 5) is 22.8. The Morgan fingerprint density at radius 3 is 3.04 bits per heavy atom. The highest BCUT2D eigenvalue weighted by atomic mass is 16.5. The van der Waals surface area contributed by atoms with E-state index in [-0.39, 0.29) is 17.7 Å². The van der Waals surface area contributed by atoms with Crippen LogP contribution >= 0.6 is 0 Å². The molecule has 7 nitrogen and oxygen atoms in total. The van der Waals surface area contributed by atoms with E-state index < -0.39 is 0 Å². The molecule has 1 aliphatic rings. The number of hydrogen-bond donors (Lipinski definition) is 0. The summed E-state index contributed by atoms with van der Waals surface area (Å²) in [6.07, 6.45) is 6.37. The fourth-order valence-corrected chi connectivity index (χ4v) is 3.09. The second-order valence-corrected chi connectivity index (χ2v) is 5.55. The zero-order valence-corrected chi connectivity index (χ0v) is 13.1. The van der Waals surface area contributed by atoms with Crippen molar-refractivity contribution in [3.05, 3.63) is 66.4 Å². The van der Waals surface area contributed by atoms with Gasteiger partial charge < -0.3 is 18.6 Å². The molecule has 3 aromatic rings. The van der Waals surface area contributed by atoms with Crippen molar-refractivity contribution in [1.29, 1.82) is 0 Å². The molecule has 1 aliphatic heterocycles. The number of oxazole rings is 1. The quantitative estimate of drug-likeness (QED) is 0.739. The first kappa shape index (κ1) is 14.5. The monoisotopic (exact) mass is 324 g/mol. The summed E-state index contributed by atoms with van der Waals surface area (Å²) >= 11 is 0. The van der Waals surface area contributed by atoms with Crippen molar-refractivity contribution in [1.82, 2.24) is 19.4 Å². The van der Waals surface area contributed by atoms with Crippen molar-refractivity contribution in [2.24, 2.45) is 0 Å². The summed E-state index contributed by atoms with van der Waals surface area (Å²) in [5, 5.41) is 0. The van der Waals surface area contributed by atoms with E-state index in [4.69, 9.17) is 9.15 Å². The van der Waals surface area contributed by atoms with Gasteiger partial charge in [-0.15, -0.1) is 0 Å². The first-order chi connectivity index (χ1) is 11.8. The lowest BCUT2D eigenvalue weighted by Crippen LogP contribution is -2.41. The maximum Gasteiger partial charge on any atom is 0.292 e. The third kappa shape index (κ3) is 2.34. The number of methoxy groups -OCH3 is 1. The number of nitrogens with zero attached hydrogens (tertiary/aromatic N) is 4. The van der Waals surface area contributed by atoms with Crippen LogP contribution in [-0.4, -0.2) is 32.5 Å². The van der Waals surface area contributed by atoms with Gasteiger partial charge >= 0.3 is 0 Å². The maximum atomic E-state index is 12.9. The predicted molar refractivity (Wildman–Crippen MR) is 84.3 cm³/mol. The third-order valence-corrected chi connectivity index (χ3v) is 4.26. The number of rotatable bonds is 3. The highest BCUT2D eigenvalue weighted by molar-refractivity contribution is 5.91. The lowest BCUT2D eigenvalue weighted by Gasteiger charge is -2.36. The third-order valence-electron chi connectivity index (χ3n) is 4.26. The van der Waals surface area contributed by atoms with Gasteiger partial charge in [0.05, 0.1) is 25.9 Å². The molecule has 1 aromatic carbocycles. The number of ether oxygens (including phenoxy) is 1. The molecule has 7 heteroatoms. The van der Waals surface area contributed by atoms with Crippen molar-refractivity contribution < 1.29 is 13.9 Å². The summed E-state index contributed by atoms with van der Waals surface area (Å²) in [6, 6.07) is 7.55. The topological polar surface area (TPSA) is 73.4 Å². The van der Waals surface area contributed by atoms with Gasteiger partial charge in [0.25, 0.3) is 5.91 Å². The fraction of sp³-hybridized carbons (Fsp3) is 0.235. The van der Waals surface area contributed by atoms with E-state index in [1.165, 1.54) is 12.6 Å². The molecule has 4 rings (SSSR count). The Morgan fingerprint density at radius 2 is 2.25 bits per heavy atom. The SMILES string of the molecule is COc1ccccc1C1Cn2ccnc2CN1C(=O)c1cnco1. The zero-order chi connectivity index (χ0) is 16.5. The van der Waals surface area contributed by atoms with Crippen LogP contribution in [-0.2, 0) is 13.1 Å². The first-order valence-corrected chi connectivity index (χ1v) is 7.60. The molecule has 0 N–H and O–H groups in total. The minimum atomic E-state index is -0.211. The van der Waals surface area contributed by atoms with Gasteiger partial charge in [-0.3, -0.25) is 4.79 Å².